The van der Waals surface area contributed by atoms with E-state index in [0.717, 1.165) is 31.6 Å². The van der Waals surface area contributed by atoms with Gasteiger partial charge in [0.25, 0.3) is 0 Å². The summed E-state index contributed by atoms with van der Waals surface area (Å²) in [6.45, 7) is 5.61. The van der Waals surface area contributed by atoms with Crippen LogP contribution in [0.15, 0.2) is 18.2 Å². The van der Waals surface area contributed by atoms with Gasteiger partial charge in [0.05, 0.1) is 0 Å². The Hall–Kier alpha value is -0.970. The Kier molecular flexibility index (Phi) is 4.91. The summed E-state index contributed by atoms with van der Waals surface area (Å²) in [6.07, 6.45) is 2.13. The molecule has 1 atom stereocenters. The maximum atomic E-state index is 8.99. The van der Waals surface area contributed by atoms with E-state index in [9.17, 15) is 0 Å². The van der Waals surface area contributed by atoms with Gasteiger partial charge >= 0.3 is 0 Å². The number of benzene rings is 1. The fourth-order valence-electron chi connectivity index (χ4n) is 2.74. The number of nitrogens with zero attached hydrogens (tertiary/aromatic N) is 1. The largest absolute Gasteiger partial charge is 0.396 e. The Bertz CT molecular complexity index is 461. The molecule has 1 saturated heterocycles. The summed E-state index contributed by atoms with van der Waals surface area (Å²) < 4.78 is 0. The Morgan fingerprint density at radius 2 is 2.32 bits per heavy atom. The van der Waals surface area contributed by atoms with Gasteiger partial charge in [0.15, 0.2) is 0 Å². The molecule has 19 heavy (non-hydrogen) atoms. The lowest BCUT2D eigenvalue weighted by molar-refractivity contribution is 0.249. The van der Waals surface area contributed by atoms with Crippen molar-refractivity contribution in [1.82, 2.24) is 4.90 Å². The number of thiocarbonyl (C=S) groups is 1. The summed E-state index contributed by atoms with van der Waals surface area (Å²) in [5, 5.41) is 8.99. The average molecular weight is 278 g/mol. The molecule has 1 aromatic carbocycles. The molecule has 2 rings (SSSR count). The number of hydrogen-bond acceptors (Lipinski definition) is 3. The number of aliphatic hydroxyl groups excluding tert-OH is 1. The van der Waals surface area contributed by atoms with Crippen LogP contribution in [-0.2, 0) is 6.54 Å². The van der Waals surface area contributed by atoms with Gasteiger partial charge in [0.2, 0.25) is 0 Å². The van der Waals surface area contributed by atoms with Crippen LogP contribution in [-0.4, -0.2) is 34.7 Å². The van der Waals surface area contributed by atoms with E-state index in [1.807, 2.05) is 6.07 Å². The number of nitrogens with two attached hydrogens (primary N) is 1. The molecule has 1 unspecified atom stereocenters. The molecule has 1 fully saturated rings. The minimum absolute atomic E-state index is 0.306. The molecule has 104 valence electrons. The van der Waals surface area contributed by atoms with E-state index >= 15 is 0 Å². The van der Waals surface area contributed by atoms with E-state index in [-0.39, 0.29) is 0 Å². The predicted molar refractivity (Wildman–Crippen MR) is 82.2 cm³/mol. The zero-order valence-corrected chi connectivity index (χ0v) is 12.2. The zero-order chi connectivity index (χ0) is 13.8. The summed E-state index contributed by atoms with van der Waals surface area (Å²) >= 11 is 5.00. The minimum Gasteiger partial charge on any atom is -0.396 e. The Morgan fingerprint density at radius 1 is 1.53 bits per heavy atom. The molecular weight excluding hydrogens is 256 g/mol. The van der Waals surface area contributed by atoms with Gasteiger partial charge < -0.3 is 10.8 Å². The van der Waals surface area contributed by atoms with Gasteiger partial charge in [0, 0.05) is 25.3 Å². The maximum absolute atomic E-state index is 8.99. The van der Waals surface area contributed by atoms with Gasteiger partial charge in [-0.2, -0.15) is 0 Å². The van der Waals surface area contributed by atoms with Gasteiger partial charge in [-0.05, 0) is 49.4 Å². The van der Waals surface area contributed by atoms with Crippen LogP contribution < -0.4 is 5.73 Å². The normalized spacial score (nSPS) is 19.8. The van der Waals surface area contributed by atoms with Crippen LogP contribution in [0.4, 0.5) is 0 Å². The highest BCUT2D eigenvalue weighted by Gasteiger charge is 2.22. The third-order valence-electron chi connectivity index (χ3n) is 3.93. The van der Waals surface area contributed by atoms with Gasteiger partial charge in [-0.1, -0.05) is 24.4 Å². The van der Waals surface area contributed by atoms with Crippen molar-refractivity contribution in [1.29, 1.82) is 0 Å². The molecule has 0 aromatic heterocycles. The molecule has 0 bridgehead atoms. The van der Waals surface area contributed by atoms with Gasteiger partial charge in [-0.25, -0.2) is 0 Å². The van der Waals surface area contributed by atoms with Crippen molar-refractivity contribution >= 4 is 17.2 Å². The number of aliphatic hydroxyl groups is 1. The predicted octanol–water partition coefficient (Wildman–Crippen LogP) is 1.83. The van der Waals surface area contributed by atoms with E-state index in [1.54, 1.807) is 0 Å². The van der Waals surface area contributed by atoms with Crippen LogP contribution in [0.3, 0.4) is 0 Å². The van der Waals surface area contributed by atoms with Crippen molar-refractivity contribution in [2.45, 2.75) is 26.3 Å². The zero-order valence-electron chi connectivity index (χ0n) is 11.4. The lowest BCUT2D eigenvalue weighted by Crippen LogP contribution is -2.21. The topological polar surface area (TPSA) is 49.5 Å². The molecule has 0 amide bonds. The summed E-state index contributed by atoms with van der Waals surface area (Å²) in [4.78, 5) is 2.92. The van der Waals surface area contributed by atoms with Crippen molar-refractivity contribution < 1.29 is 5.11 Å². The highest BCUT2D eigenvalue weighted by atomic mass is 32.1. The molecule has 1 heterocycles. The first-order valence-corrected chi connectivity index (χ1v) is 7.23. The van der Waals surface area contributed by atoms with Gasteiger partial charge in [-0.15, -0.1) is 0 Å². The van der Waals surface area contributed by atoms with Crippen LogP contribution in [0, 0.1) is 12.8 Å². The first kappa shape index (κ1) is 14.4. The molecule has 0 spiro atoms. The van der Waals surface area contributed by atoms with Crippen molar-refractivity contribution in [3.05, 3.63) is 34.9 Å². The average Bonchev–Trinajstić information content (AvgIpc) is 2.79. The van der Waals surface area contributed by atoms with Crippen LogP contribution in [0.2, 0.25) is 0 Å². The molecule has 1 aliphatic rings. The Morgan fingerprint density at radius 3 is 2.95 bits per heavy atom. The monoisotopic (exact) mass is 278 g/mol. The molecule has 3 nitrogen and oxygen atoms in total. The first-order chi connectivity index (χ1) is 9.10. The van der Waals surface area contributed by atoms with Crippen molar-refractivity contribution in [3.8, 4) is 0 Å². The van der Waals surface area contributed by atoms with Gasteiger partial charge in [-0.3, -0.25) is 4.90 Å². The maximum Gasteiger partial charge on any atom is 0.103 e. The van der Waals surface area contributed by atoms with Crippen LogP contribution in [0.25, 0.3) is 0 Å². The smallest absolute Gasteiger partial charge is 0.103 e. The fourth-order valence-corrected chi connectivity index (χ4v) is 2.87. The molecule has 0 aliphatic carbocycles. The summed E-state index contributed by atoms with van der Waals surface area (Å²) in [7, 11) is 0. The summed E-state index contributed by atoms with van der Waals surface area (Å²) in [6, 6.07) is 6.20. The quantitative estimate of drug-likeness (QED) is 0.807. The Balaban J connectivity index is 1.98. The fraction of sp³-hybridized carbons (Fsp3) is 0.533. The van der Waals surface area contributed by atoms with Crippen LogP contribution in [0.1, 0.15) is 29.5 Å². The number of rotatable bonds is 5. The molecule has 4 heteroatoms. The number of aryl methyl sites for hydroxylation is 1. The third kappa shape index (κ3) is 3.75. The second-order valence-corrected chi connectivity index (χ2v) is 5.85. The lowest BCUT2D eigenvalue weighted by Gasteiger charge is -2.18. The highest BCUT2D eigenvalue weighted by molar-refractivity contribution is 7.80. The number of hydrogen-bond donors (Lipinski definition) is 2. The first-order valence-electron chi connectivity index (χ1n) is 6.82. The molecule has 3 N–H and O–H groups in total. The molecule has 1 aliphatic heterocycles. The summed E-state index contributed by atoms with van der Waals surface area (Å²) in [5.41, 5.74) is 9.17. The molecule has 0 radical (unpaired) electrons. The molecule has 1 aromatic rings. The van der Waals surface area contributed by atoms with Crippen LogP contribution >= 0.6 is 12.2 Å². The SMILES string of the molecule is Cc1cc(C(N)=S)ccc1CN1CCC(CCO)C1. The summed E-state index contributed by atoms with van der Waals surface area (Å²) in [5.74, 6) is 0.654. The van der Waals surface area contributed by atoms with Crippen molar-refractivity contribution in [2.75, 3.05) is 19.7 Å². The van der Waals surface area contributed by atoms with Crippen molar-refractivity contribution in [2.24, 2.45) is 11.7 Å². The lowest BCUT2D eigenvalue weighted by atomic mass is 10.0. The van der Waals surface area contributed by atoms with E-state index < -0.39 is 0 Å². The standard InChI is InChI=1S/C15H22N2OS/c1-11-8-13(15(16)19)2-3-14(11)10-17-6-4-12(9-17)5-7-18/h2-3,8,12,18H,4-7,9-10H2,1H3,(H2,16,19). The minimum atomic E-state index is 0.306. The Labute approximate surface area is 120 Å². The second kappa shape index (κ2) is 6.46. The van der Waals surface area contributed by atoms with Crippen LogP contribution in [0.5, 0.6) is 0 Å². The van der Waals surface area contributed by atoms with E-state index in [2.05, 4.69) is 24.0 Å². The molecular formula is C15H22N2OS. The van der Waals surface area contributed by atoms with Gasteiger partial charge in [0.1, 0.15) is 4.99 Å². The second-order valence-electron chi connectivity index (χ2n) is 5.41. The van der Waals surface area contributed by atoms with E-state index in [4.69, 9.17) is 23.1 Å². The third-order valence-corrected chi connectivity index (χ3v) is 4.16. The molecule has 0 saturated carbocycles. The van der Waals surface area contributed by atoms with Crippen molar-refractivity contribution in [3.63, 3.8) is 0 Å². The highest BCUT2D eigenvalue weighted by Crippen LogP contribution is 2.22. The van der Waals surface area contributed by atoms with E-state index in [1.165, 1.54) is 17.5 Å². The van der Waals surface area contributed by atoms with E-state index in [0.29, 0.717) is 17.5 Å². The number of likely N-dealkylation sites (tertiary alicyclic amines) is 1.